The summed E-state index contributed by atoms with van der Waals surface area (Å²) in [5.41, 5.74) is 1.19. The Morgan fingerprint density at radius 2 is 1.74 bits per heavy atom. The molecule has 0 aliphatic carbocycles. The van der Waals surface area contributed by atoms with Crippen LogP contribution >= 0.6 is 0 Å². The van der Waals surface area contributed by atoms with Crippen LogP contribution in [-0.4, -0.2) is 58.4 Å². The number of ether oxygens (including phenoxy) is 2. The van der Waals surface area contributed by atoms with Crippen molar-refractivity contribution in [1.29, 1.82) is 0 Å². The van der Waals surface area contributed by atoms with Crippen molar-refractivity contribution in [3.05, 3.63) is 23.8 Å². The monoisotopic (exact) mass is 342 g/mol. The Balaban J connectivity index is 1.97. The molecule has 1 saturated heterocycles. The van der Waals surface area contributed by atoms with E-state index in [9.17, 15) is 8.42 Å². The van der Waals surface area contributed by atoms with E-state index in [0.717, 1.165) is 30.8 Å². The third kappa shape index (κ3) is 4.16. The molecule has 0 radical (unpaired) electrons. The Hall–Kier alpha value is -1.31. The minimum Gasteiger partial charge on any atom is -0.493 e. The molecule has 1 aliphatic rings. The van der Waals surface area contributed by atoms with Gasteiger partial charge in [-0.3, -0.25) is 0 Å². The van der Waals surface area contributed by atoms with Gasteiger partial charge in [0.05, 0.1) is 14.2 Å². The number of hydrogen-bond acceptors (Lipinski definition) is 4. The lowest BCUT2D eigenvalue weighted by Gasteiger charge is -2.32. The first-order valence-corrected chi connectivity index (χ1v) is 9.16. The highest BCUT2D eigenvalue weighted by molar-refractivity contribution is 7.86. The molecular formula is C16H26N2O4S. The predicted octanol–water partition coefficient (Wildman–Crippen LogP) is 1.76. The van der Waals surface area contributed by atoms with Crippen LogP contribution in [0.4, 0.5) is 0 Å². The minimum atomic E-state index is -3.29. The van der Waals surface area contributed by atoms with Gasteiger partial charge >= 0.3 is 0 Å². The van der Waals surface area contributed by atoms with Crippen molar-refractivity contribution in [2.24, 2.45) is 5.92 Å². The van der Waals surface area contributed by atoms with Gasteiger partial charge in [-0.05, 0) is 42.9 Å². The lowest BCUT2D eigenvalue weighted by atomic mass is 9.91. The first-order chi connectivity index (χ1) is 10.9. The van der Waals surface area contributed by atoms with Crippen LogP contribution < -0.4 is 9.47 Å². The van der Waals surface area contributed by atoms with Gasteiger partial charge < -0.3 is 9.47 Å². The molecule has 0 amide bonds. The Bertz CT molecular complexity index is 623. The van der Waals surface area contributed by atoms with Gasteiger partial charge in [0.2, 0.25) is 0 Å². The highest BCUT2D eigenvalue weighted by atomic mass is 32.2. The summed E-state index contributed by atoms with van der Waals surface area (Å²) in [5.74, 6) is 1.95. The molecule has 1 heterocycles. The molecule has 0 spiro atoms. The number of rotatable bonds is 6. The molecule has 0 aromatic heterocycles. The van der Waals surface area contributed by atoms with E-state index in [1.807, 2.05) is 18.2 Å². The molecule has 2 rings (SSSR count). The van der Waals surface area contributed by atoms with Crippen LogP contribution in [-0.2, 0) is 16.6 Å². The molecule has 23 heavy (non-hydrogen) atoms. The molecule has 1 aromatic rings. The summed E-state index contributed by atoms with van der Waals surface area (Å²) in [6, 6.07) is 5.96. The van der Waals surface area contributed by atoms with E-state index < -0.39 is 10.2 Å². The molecule has 130 valence electrons. The van der Waals surface area contributed by atoms with Crippen LogP contribution in [0.25, 0.3) is 0 Å². The van der Waals surface area contributed by atoms with Crippen LogP contribution in [0.2, 0.25) is 0 Å². The Morgan fingerprint density at radius 3 is 2.26 bits per heavy atom. The van der Waals surface area contributed by atoms with Crippen molar-refractivity contribution in [2.45, 2.75) is 19.3 Å². The van der Waals surface area contributed by atoms with Crippen molar-refractivity contribution in [3.8, 4) is 11.5 Å². The number of nitrogens with zero attached hydrogens (tertiary/aromatic N) is 2. The average Bonchev–Trinajstić information content (AvgIpc) is 2.55. The van der Waals surface area contributed by atoms with Gasteiger partial charge in [0, 0.05) is 27.2 Å². The number of benzene rings is 1. The average molecular weight is 342 g/mol. The smallest absolute Gasteiger partial charge is 0.281 e. The van der Waals surface area contributed by atoms with E-state index >= 15 is 0 Å². The first kappa shape index (κ1) is 18.0. The van der Waals surface area contributed by atoms with Gasteiger partial charge in [0.25, 0.3) is 10.2 Å². The molecule has 7 heteroatoms. The molecule has 0 N–H and O–H groups in total. The minimum absolute atomic E-state index is 0.488. The second-order valence-corrected chi connectivity index (χ2v) is 8.17. The lowest BCUT2D eigenvalue weighted by molar-refractivity contribution is 0.261. The highest BCUT2D eigenvalue weighted by Gasteiger charge is 2.29. The van der Waals surface area contributed by atoms with Gasteiger partial charge in [-0.2, -0.15) is 17.0 Å². The van der Waals surface area contributed by atoms with E-state index in [4.69, 9.17) is 9.47 Å². The van der Waals surface area contributed by atoms with Crippen LogP contribution in [0.5, 0.6) is 11.5 Å². The normalized spacial score (nSPS) is 17.4. The fraction of sp³-hybridized carbons (Fsp3) is 0.625. The van der Waals surface area contributed by atoms with Gasteiger partial charge in [0.1, 0.15) is 0 Å². The Kier molecular flexibility index (Phi) is 5.89. The predicted molar refractivity (Wildman–Crippen MR) is 90.2 cm³/mol. The summed E-state index contributed by atoms with van der Waals surface area (Å²) in [7, 11) is 3.12. The van der Waals surface area contributed by atoms with Gasteiger partial charge in [0.15, 0.2) is 11.5 Å². The largest absolute Gasteiger partial charge is 0.493 e. The topological polar surface area (TPSA) is 59.1 Å². The van der Waals surface area contributed by atoms with Crippen molar-refractivity contribution >= 4 is 10.2 Å². The highest BCUT2D eigenvalue weighted by Crippen LogP contribution is 2.30. The third-order valence-electron chi connectivity index (χ3n) is 4.33. The lowest BCUT2D eigenvalue weighted by Crippen LogP contribution is -2.44. The SMILES string of the molecule is COc1ccc(CC2CCN(S(=O)(=O)N(C)C)CC2)cc1OC. The van der Waals surface area contributed by atoms with Crippen molar-refractivity contribution in [2.75, 3.05) is 41.4 Å². The number of piperidine rings is 1. The Labute approximate surface area is 139 Å². The summed E-state index contributed by atoms with van der Waals surface area (Å²) in [4.78, 5) is 0. The zero-order valence-electron chi connectivity index (χ0n) is 14.3. The standard InChI is InChI=1S/C16H26N2O4S/c1-17(2)23(19,20)18-9-7-13(8-10-18)11-14-5-6-15(21-3)16(12-14)22-4/h5-6,12-13H,7-11H2,1-4H3. The fourth-order valence-electron chi connectivity index (χ4n) is 2.92. The molecular weight excluding hydrogens is 316 g/mol. The molecule has 6 nitrogen and oxygen atoms in total. The zero-order valence-corrected chi connectivity index (χ0v) is 15.1. The molecule has 0 saturated carbocycles. The Morgan fingerprint density at radius 1 is 1.13 bits per heavy atom. The molecule has 1 aliphatic heterocycles. The molecule has 0 atom stereocenters. The molecule has 1 fully saturated rings. The maximum atomic E-state index is 12.1. The van der Waals surface area contributed by atoms with Crippen molar-refractivity contribution in [3.63, 3.8) is 0 Å². The van der Waals surface area contributed by atoms with E-state index in [2.05, 4.69) is 0 Å². The van der Waals surface area contributed by atoms with E-state index in [0.29, 0.717) is 19.0 Å². The first-order valence-electron chi connectivity index (χ1n) is 7.77. The molecule has 0 unspecified atom stereocenters. The maximum absolute atomic E-state index is 12.1. The van der Waals surface area contributed by atoms with Crippen LogP contribution in [0.3, 0.4) is 0 Å². The van der Waals surface area contributed by atoms with Gasteiger partial charge in [-0.25, -0.2) is 0 Å². The summed E-state index contributed by atoms with van der Waals surface area (Å²) in [5, 5.41) is 0. The van der Waals surface area contributed by atoms with Gasteiger partial charge in [-0.15, -0.1) is 0 Å². The van der Waals surface area contributed by atoms with Crippen LogP contribution in [0.15, 0.2) is 18.2 Å². The van der Waals surface area contributed by atoms with Crippen molar-refractivity contribution in [1.82, 2.24) is 8.61 Å². The summed E-state index contributed by atoms with van der Waals surface area (Å²) in [6.07, 6.45) is 2.68. The molecule has 0 bridgehead atoms. The second kappa shape index (κ2) is 7.51. The van der Waals surface area contributed by atoms with E-state index in [1.165, 1.54) is 9.87 Å². The maximum Gasteiger partial charge on any atom is 0.281 e. The summed E-state index contributed by atoms with van der Waals surface area (Å²) >= 11 is 0. The van der Waals surface area contributed by atoms with Gasteiger partial charge in [-0.1, -0.05) is 6.07 Å². The number of methoxy groups -OCH3 is 2. The van der Waals surface area contributed by atoms with Crippen molar-refractivity contribution < 1.29 is 17.9 Å². The fourth-order valence-corrected chi connectivity index (χ4v) is 4.05. The summed E-state index contributed by atoms with van der Waals surface area (Å²) < 4.78 is 37.7. The third-order valence-corrected chi connectivity index (χ3v) is 6.27. The number of hydrogen-bond donors (Lipinski definition) is 0. The van der Waals surface area contributed by atoms with Crippen LogP contribution in [0, 0.1) is 5.92 Å². The summed E-state index contributed by atoms with van der Waals surface area (Å²) in [6.45, 7) is 1.16. The quantitative estimate of drug-likeness (QED) is 0.790. The zero-order chi connectivity index (χ0) is 17.0. The molecule has 1 aromatic carbocycles. The van der Waals surface area contributed by atoms with Crippen LogP contribution in [0.1, 0.15) is 18.4 Å². The second-order valence-electron chi connectivity index (χ2n) is 6.03. The van der Waals surface area contributed by atoms with E-state index in [1.54, 1.807) is 32.6 Å². The van der Waals surface area contributed by atoms with E-state index in [-0.39, 0.29) is 0 Å².